The Morgan fingerprint density at radius 1 is 1.14 bits per heavy atom. The van der Waals surface area contributed by atoms with Crippen LogP contribution in [0, 0.1) is 5.92 Å². The minimum Gasteiger partial charge on any atom is -0.348 e. The molecule has 0 aliphatic rings. The monoisotopic (exact) mass is 200 g/mol. The molecule has 0 rings (SSSR count). The van der Waals surface area contributed by atoms with E-state index in [1.54, 1.807) is 0 Å². The third kappa shape index (κ3) is 6.46. The zero-order chi connectivity index (χ0) is 11.0. The lowest BCUT2D eigenvalue weighted by atomic mass is 10.2. The lowest BCUT2D eigenvalue weighted by Crippen LogP contribution is -2.41. The molecule has 4 heteroatoms. The van der Waals surface area contributed by atoms with Gasteiger partial charge in [-0.25, -0.2) is 0 Å². The first kappa shape index (κ1) is 12.9. The molecule has 2 N–H and O–H groups in total. The van der Waals surface area contributed by atoms with Crippen molar-refractivity contribution < 1.29 is 9.59 Å². The van der Waals surface area contributed by atoms with Crippen LogP contribution in [0.15, 0.2) is 0 Å². The van der Waals surface area contributed by atoms with Gasteiger partial charge in [-0.2, -0.15) is 0 Å². The molecule has 0 unspecified atom stereocenters. The van der Waals surface area contributed by atoms with Crippen molar-refractivity contribution in [2.75, 3.05) is 13.1 Å². The molecule has 0 saturated heterocycles. The van der Waals surface area contributed by atoms with Crippen LogP contribution in [0.2, 0.25) is 0 Å². The number of hydrogen-bond donors (Lipinski definition) is 2. The average Bonchev–Trinajstić information content (AvgIpc) is 2.14. The zero-order valence-corrected chi connectivity index (χ0v) is 9.22. The molecule has 14 heavy (non-hydrogen) atoms. The van der Waals surface area contributed by atoms with Crippen molar-refractivity contribution in [3.8, 4) is 0 Å². The van der Waals surface area contributed by atoms with Gasteiger partial charge in [0.1, 0.15) is 0 Å². The third-order valence-corrected chi connectivity index (χ3v) is 1.69. The van der Waals surface area contributed by atoms with E-state index in [9.17, 15) is 9.59 Å². The topological polar surface area (TPSA) is 58.2 Å². The van der Waals surface area contributed by atoms with Crippen LogP contribution in [0.4, 0.5) is 0 Å². The Balaban J connectivity index is 3.60. The zero-order valence-electron chi connectivity index (χ0n) is 9.22. The molecule has 0 fully saturated rings. The van der Waals surface area contributed by atoms with E-state index in [1.165, 1.54) is 0 Å². The molecule has 0 aromatic rings. The van der Waals surface area contributed by atoms with Crippen molar-refractivity contribution in [2.24, 2.45) is 5.92 Å². The SMILES string of the molecule is CCCCNC(=O)C(=O)NCC(C)C. The molecule has 0 atom stereocenters. The van der Waals surface area contributed by atoms with Crippen LogP contribution in [-0.4, -0.2) is 24.9 Å². The van der Waals surface area contributed by atoms with Gasteiger partial charge in [-0.3, -0.25) is 9.59 Å². The molecule has 4 nitrogen and oxygen atoms in total. The Morgan fingerprint density at radius 2 is 1.71 bits per heavy atom. The Bertz CT molecular complexity index is 191. The maximum Gasteiger partial charge on any atom is 0.309 e. The van der Waals surface area contributed by atoms with Gasteiger partial charge >= 0.3 is 11.8 Å². The van der Waals surface area contributed by atoms with Gasteiger partial charge in [0.2, 0.25) is 0 Å². The van der Waals surface area contributed by atoms with Gasteiger partial charge in [-0.05, 0) is 12.3 Å². The maximum atomic E-state index is 11.1. The highest BCUT2D eigenvalue weighted by molar-refractivity contribution is 6.35. The van der Waals surface area contributed by atoms with Crippen molar-refractivity contribution in [1.29, 1.82) is 0 Å². The number of hydrogen-bond acceptors (Lipinski definition) is 2. The largest absolute Gasteiger partial charge is 0.348 e. The summed E-state index contributed by atoms with van der Waals surface area (Å²) in [6.45, 7) is 7.11. The molecule has 0 aliphatic carbocycles. The van der Waals surface area contributed by atoms with Crippen LogP contribution in [0.3, 0.4) is 0 Å². The van der Waals surface area contributed by atoms with Gasteiger partial charge in [0.25, 0.3) is 0 Å². The maximum absolute atomic E-state index is 11.1. The smallest absolute Gasteiger partial charge is 0.309 e. The molecule has 0 aliphatic heterocycles. The summed E-state index contributed by atoms with van der Waals surface area (Å²) in [5.41, 5.74) is 0. The summed E-state index contributed by atoms with van der Waals surface area (Å²) < 4.78 is 0. The molecule has 0 bridgehead atoms. The minimum atomic E-state index is -0.533. The van der Waals surface area contributed by atoms with Gasteiger partial charge in [-0.1, -0.05) is 27.2 Å². The molecule has 0 aromatic heterocycles. The van der Waals surface area contributed by atoms with Crippen LogP contribution in [0.25, 0.3) is 0 Å². The molecule has 0 aromatic carbocycles. The van der Waals surface area contributed by atoms with E-state index in [1.807, 2.05) is 20.8 Å². The van der Waals surface area contributed by atoms with Crippen LogP contribution in [0.5, 0.6) is 0 Å². The summed E-state index contributed by atoms with van der Waals surface area (Å²) >= 11 is 0. The highest BCUT2D eigenvalue weighted by atomic mass is 16.2. The summed E-state index contributed by atoms with van der Waals surface area (Å²) in [5.74, 6) is -0.698. The molecule has 0 heterocycles. The second-order valence-corrected chi connectivity index (χ2v) is 3.71. The highest BCUT2D eigenvalue weighted by Gasteiger charge is 2.11. The quantitative estimate of drug-likeness (QED) is 0.506. The average molecular weight is 200 g/mol. The Kier molecular flexibility index (Phi) is 6.80. The second kappa shape index (κ2) is 7.35. The van der Waals surface area contributed by atoms with Gasteiger partial charge in [0, 0.05) is 13.1 Å². The molecular formula is C10H20N2O2. The summed E-state index contributed by atoms with van der Waals surface area (Å²) in [7, 11) is 0. The number of nitrogens with one attached hydrogen (secondary N) is 2. The molecule has 0 radical (unpaired) electrons. The van der Waals surface area contributed by atoms with Crippen molar-refractivity contribution in [1.82, 2.24) is 10.6 Å². The fourth-order valence-corrected chi connectivity index (χ4v) is 0.836. The van der Waals surface area contributed by atoms with Gasteiger partial charge in [0.05, 0.1) is 0 Å². The lowest BCUT2D eigenvalue weighted by Gasteiger charge is -2.07. The highest BCUT2D eigenvalue weighted by Crippen LogP contribution is 1.87. The summed E-state index contributed by atoms with van der Waals surface area (Å²) in [5, 5.41) is 5.11. The predicted molar refractivity (Wildman–Crippen MR) is 55.8 cm³/mol. The van der Waals surface area contributed by atoms with E-state index < -0.39 is 11.8 Å². The standard InChI is InChI=1S/C10H20N2O2/c1-4-5-6-11-9(13)10(14)12-7-8(2)3/h8H,4-7H2,1-3H3,(H,11,13)(H,12,14). The fraction of sp³-hybridized carbons (Fsp3) is 0.800. The first-order chi connectivity index (χ1) is 6.57. The first-order valence-corrected chi connectivity index (χ1v) is 5.14. The Hall–Kier alpha value is -1.06. The predicted octanol–water partition coefficient (Wildman–Crippen LogP) is 0.675. The minimum absolute atomic E-state index is 0.363. The molecule has 0 saturated carbocycles. The van der Waals surface area contributed by atoms with Crippen molar-refractivity contribution in [2.45, 2.75) is 33.6 Å². The van der Waals surface area contributed by atoms with Crippen LogP contribution < -0.4 is 10.6 Å². The van der Waals surface area contributed by atoms with Crippen LogP contribution >= 0.6 is 0 Å². The number of carbonyl (C=O) groups is 2. The van der Waals surface area contributed by atoms with Crippen LogP contribution in [0.1, 0.15) is 33.6 Å². The lowest BCUT2D eigenvalue weighted by molar-refractivity contribution is -0.139. The number of carbonyl (C=O) groups excluding carboxylic acids is 2. The first-order valence-electron chi connectivity index (χ1n) is 5.14. The third-order valence-electron chi connectivity index (χ3n) is 1.69. The van der Waals surface area contributed by atoms with Gasteiger partial charge in [0.15, 0.2) is 0 Å². The van der Waals surface area contributed by atoms with E-state index in [0.717, 1.165) is 12.8 Å². The normalized spacial score (nSPS) is 10.0. The van der Waals surface area contributed by atoms with E-state index >= 15 is 0 Å². The second-order valence-electron chi connectivity index (χ2n) is 3.71. The van der Waals surface area contributed by atoms with Crippen molar-refractivity contribution in [3.05, 3.63) is 0 Å². The summed E-state index contributed by atoms with van der Waals surface area (Å²) in [6, 6.07) is 0. The molecular weight excluding hydrogens is 180 g/mol. The molecule has 2 amide bonds. The van der Waals surface area contributed by atoms with E-state index in [2.05, 4.69) is 10.6 Å². The fourth-order valence-electron chi connectivity index (χ4n) is 0.836. The van der Waals surface area contributed by atoms with E-state index in [-0.39, 0.29) is 0 Å². The Morgan fingerprint density at radius 3 is 2.21 bits per heavy atom. The van der Waals surface area contributed by atoms with Gasteiger partial charge in [-0.15, -0.1) is 0 Å². The van der Waals surface area contributed by atoms with E-state index in [4.69, 9.17) is 0 Å². The summed E-state index contributed by atoms with van der Waals surface area (Å²) in [6.07, 6.45) is 1.91. The van der Waals surface area contributed by atoms with Crippen molar-refractivity contribution >= 4 is 11.8 Å². The number of amides is 2. The number of rotatable bonds is 5. The van der Waals surface area contributed by atoms with Crippen LogP contribution in [-0.2, 0) is 9.59 Å². The summed E-state index contributed by atoms with van der Waals surface area (Å²) in [4.78, 5) is 22.2. The van der Waals surface area contributed by atoms with Crippen molar-refractivity contribution in [3.63, 3.8) is 0 Å². The molecule has 82 valence electrons. The van der Waals surface area contributed by atoms with E-state index in [0.29, 0.717) is 19.0 Å². The number of unbranched alkanes of at least 4 members (excludes halogenated alkanes) is 1. The van der Waals surface area contributed by atoms with Gasteiger partial charge < -0.3 is 10.6 Å². The molecule has 0 spiro atoms. The Labute approximate surface area is 85.4 Å².